The highest BCUT2D eigenvalue weighted by Crippen LogP contribution is 2.27. The normalized spacial score (nSPS) is 32.1. The van der Waals surface area contributed by atoms with Gasteiger partial charge in [0.1, 0.15) is 0 Å². The molecule has 1 saturated carbocycles. The minimum atomic E-state index is 0.754. The van der Waals surface area contributed by atoms with E-state index in [4.69, 9.17) is 0 Å². The molecule has 2 atom stereocenters. The molecule has 0 aromatic rings. The fourth-order valence-corrected chi connectivity index (χ4v) is 3.62. The Morgan fingerprint density at radius 2 is 1.94 bits per heavy atom. The summed E-state index contributed by atoms with van der Waals surface area (Å²) in [5, 5.41) is 3.73. The number of hydrogen-bond donors (Lipinski definition) is 1. The molecule has 17 heavy (non-hydrogen) atoms. The lowest BCUT2D eigenvalue weighted by molar-refractivity contribution is 0.104. The summed E-state index contributed by atoms with van der Waals surface area (Å²) in [5.74, 6) is 1.00. The molecule has 2 fully saturated rings. The Kier molecular flexibility index (Phi) is 5.30. The molecule has 2 unspecified atom stereocenters. The molecule has 0 amide bonds. The van der Waals surface area contributed by atoms with Crippen LogP contribution in [0.4, 0.5) is 0 Å². The molecule has 1 heterocycles. The SMILES string of the molecule is CCCC1CN(CC2CCCC2)C(CC)CN1. The van der Waals surface area contributed by atoms with Crippen molar-refractivity contribution in [2.45, 2.75) is 70.9 Å². The summed E-state index contributed by atoms with van der Waals surface area (Å²) in [6.07, 6.45) is 9.89. The van der Waals surface area contributed by atoms with Gasteiger partial charge in [-0.2, -0.15) is 0 Å². The average molecular weight is 238 g/mol. The van der Waals surface area contributed by atoms with Crippen LogP contribution in [-0.4, -0.2) is 36.6 Å². The van der Waals surface area contributed by atoms with Gasteiger partial charge in [-0.3, -0.25) is 4.90 Å². The Bertz CT molecular complexity index is 211. The first-order valence-corrected chi connectivity index (χ1v) is 7.80. The molecule has 1 saturated heterocycles. The van der Waals surface area contributed by atoms with Crippen LogP contribution in [-0.2, 0) is 0 Å². The molecule has 1 aliphatic carbocycles. The zero-order valence-electron chi connectivity index (χ0n) is 11.8. The monoisotopic (exact) mass is 238 g/mol. The molecule has 1 aliphatic heterocycles. The van der Waals surface area contributed by atoms with Gasteiger partial charge in [0.2, 0.25) is 0 Å². The number of rotatable bonds is 5. The molecule has 0 aromatic carbocycles. The number of nitrogens with zero attached hydrogens (tertiary/aromatic N) is 1. The van der Waals surface area contributed by atoms with Gasteiger partial charge in [0.15, 0.2) is 0 Å². The largest absolute Gasteiger partial charge is 0.311 e. The van der Waals surface area contributed by atoms with E-state index in [1.54, 1.807) is 0 Å². The van der Waals surface area contributed by atoms with Crippen molar-refractivity contribution in [1.82, 2.24) is 10.2 Å². The topological polar surface area (TPSA) is 15.3 Å². The molecule has 2 heteroatoms. The van der Waals surface area contributed by atoms with Crippen LogP contribution in [0.15, 0.2) is 0 Å². The second-order valence-corrected chi connectivity index (χ2v) is 6.06. The van der Waals surface area contributed by atoms with Crippen LogP contribution in [0.5, 0.6) is 0 Å². The molecular weight excluding hydrogens is 208 g/mol. The Morgan fingerprint density at radius 1 is 1.18 bits per heavy atom. The van der Waals surface area contributed by atoms with Gasteiger partial charge in [-0.25, -0.2) is 0 Å². The van der Waals surface area contributed by atoms with Gasteiger partial charge < -0.3 is 5.32 Å². The molecule has 0 spiro atoms. The van der Waals surface area contributed by atoms with E-state index in [2.05, 4.69) is 24.1 Å². The molecule has 2 nitrogen and oxygen atoms in total. The standard InChI is InChI=1S/C15H30N2/c1-3-7-14-12-17(15(4-2)10-16-14)11-13-8-5-6-9-13/h13-16H,3-12H2,1-2H3. The van der Waals surface area contributed by atoms with Crippen LogP contribution in [0.1, 0.15) is 58.8 Å². The molecule has 1 N–H and O–H groups in total. The van der Waals surface area contributed by atoms with E-state index in [-0.39, 0.29) is 0 Å². The van der Waals surface area contributed by atoms with Crippen molar-refractivity contribution in [3.05, 3.63) is 0 Å². The van der Waals surface area contributed by atoms with E-state index in [0.717, 1.165) is 18.0 Å². The minimum Gasteiger partial charge on any atom is -0.311 e. The zero-order valence-corrected chi connectivity index (χ0v) is 11.8. The zero-order chi connectivity index (χ0) is 12.1. The van der Waals surface area contributed by atoms with E-state index in [1.165, 1.54) is 64.6 Å². The van der Waals surface area contributed by atoms with Crippen molar-refractivity contribution in [1.29, 1.82) is 0 Å². The number of nitrogens with one attached hydrogen (secondary N) is 1. The maximum atomic E-state index is 3.73. The first kappa shape index (κ1) is 13.4. The van der Waals surface area contributed by atoms with Gasteiger partial charge in [0, 0.05) is 31.7 Å². The predicted octanol–water partition coefficient (Wildman–Crippen LogP) is 3.03. The molecule has 2 rings (SSSR count). The van der Waals surface area contributed by atoms with Crippen LogP contribution < -0.4 is 5.32 Å². The Balaban J connectivity index is 1.85. The van der Waals surface area contributed by atoms with E-state index in [1.807, 2.05) is 0 Å². The van der Waals surface area contributed by atoms with Crippen LogP contribution in [0.3, 0.4) is 0 Å². The molecule has 0 bridgehead atoms. The Hall–Kier alpha value is -0.0800. The quantitative estimate of drug-likeness (QED) is 0.792. The number of hydrogen-bond acceptors (Lipinski definition) is 2. The number of piperazine rings is 1. The average Bonchev–Trinajstić information content (AvgIpc) is 2.83. The van der Waals surface area contributed by atoms with E-state index < -0.39 is 0 Å². The van der Waals surface area contributed by atoms with Gasteiger partial charge >= 0.3 is 0 Å². The van der Waals surface area contributed by atoms with Gasteiger partial charge in [-0.15, -0.1) is 0 Å². The maximum absolute atomic E-state index is 3.73. The second-order valence-electron chi connectivity index (χ2n) is 6.06. The third-order valence-corrected chi connectivity index (χ3v) is 4.69. The summed E-state index contributed by atoms with van der Waals surface area (Å²) in [6, 6.07) is 1.55. The first-order valence-electron chi connectivity index (χ1n) is 7.80. The van der Waals surface area contributed by atoms with Crippen molar-refractivity contribution in [2.75, 3.05) is 19.6 Å². The Labute approximate surface area is 107 Å². The fraction of sp³-hybridized carbons (Fsp3) is 1.00. The third kappa shape index (κ3) is 3.69. The molecule has 100 valence electrons. The van der Waals surface area contributed by atoms with Crippen molar-refractivity contribution >= 4 is 0 Å². The first-order chi connectivity index (χ1) is 8.33. The van der Waals surface area contributed by atoms with Crippen LogP contribution in [0.25, 0.3) is 0 Å². The summed E-state index contributed by atoms with van der Waals surface area (Å²) < 4.78 is 0. The summed E-state index contributed by atoms with van der Waals surface area (Å²) in [6.45, 7) is 8.53. The fourth-order valence-electron chi connectivity index (χ4n) is 3.62. The van der Waals surface area contributed by atoms with Gasteiger partial charge in [-0.1, -0.05) is 33.1 Å². The maximum Gasteiger partial charge on any atom is 0.0218 e. The van der Waals surface area contributed by atoms with Crippen molar-refractivity contribution in [3.63, 3.8) is 0 Å². The van der Waals surface area contributed by atoms with Crippen LogP contribution in [0, 0.1) is 5.92 Å². The minimum absolute atomic E-state index is 0.754. The Morgan fingerprint density at radius 3 is 2.59 bits per heavy atom. The summed E-state index contributed by atoms with van der Waals surface area (Å²) in [4.78, 5) is 2.80. The molecule has 0 radical (unpaired) electrons. The smallest absolute Gasteiger partial charge is 0.0218 e. The van der Waals surface area contributed by atoms with Gasteiger partial charge in [0.25, 0.3) is 0 Å². The lowest BCUT2D eigenvalue weighted by atomic mass is 10.00. The predicted molar refractivity (Wildman–Crippen MR) is 74.3 cm³/mol. The van der Waals surface area contributed by atoms with E-state index in [9.17, 15) is 0 Å². The summed E-state index contributed by atoms with van der Waals surface area (Å²) in [5.41, 5.74) is 0. The van der Waals surface area contributed by atoms with E-state index >= 15 is 0 Å². The van der Waals surface area contributed by atoms with Crippen molar-refractivity contribution in [3.8, 4) is 0 Å². The lowest BCUT2D eigenvalue weighted by Gasteiger charge is -2.41. The summed E-state index contributed by atoms with van der Waals surface area (Å²) >= 11 is 0. The van der Waals surface area contributed by atoms with Crippen LogP contribution in [0.2, 0.25) is 0 Å². The molecule has 0 aromatic heterocycles. The highest BCUT2D eigenvalue weighted by Gasteiger charge is 2.28. The van der Waals surface area contributed by atoms with Gasteiger partial charge in [-0.05, 0) is 31.6 Å². The summed E-state index contributed by atoms with van der Waals surface area (Å²) in [7, 11) is 0. The van der Waals surface area contributed by atoms with Crippen molar-refractivity contribution in [2.24, 2.45) is 5.92 Å². The second kappa shape index (κ2) is 6.75. The highest BCUT2D eigenvalue weighted by molar-refractivity contribution is 4.87. The van der Waals surface area contributed by atoms with Crippen molar-refractivity contribution < 1.29 is 0 Å². The van der Waals surface area contributed by atoms with Crippen LogP contribution >= 0.6 is 0 Å². The highest BCUT2D eigenvalue weighted by atomic mass is 15.2. The van der Waals surface area contributed by atoms with E-state index in [0.29, 0.717) is 0 Å². The molecular formula is C15H30N2. The molecule has 2 aliphatic rings. The third-order valence-electron chi connectivity index (χ3n) is 4.69. The van der Waals surface area contributed by atoms with Gasteiger partial charge in [0.05, 0.1) is 0 Å². The lowest BCUT2D eigenvalue weighted by Crippen LogP contribution is -2.57.